The van der Waals surface area contributed by atoms with E-state index in [1.807, 2.05) is 0 Å². The number of aliphatic hydroxyl groups is 1. The Morgan fingerprint density at radius 1 is 1.54 bits per heavy atom. The summed E-state index contributed by atoms with van der Waals surface area (Å²) in [5.74, 6) is 0.246. The molecule has 13 heteroatoms. The lowest BCUT2D eigenvalue weighted by Gasteiger charge is -2.25. The molecule has 0 unspecified atom stereocenters. The largest absolute Gasteiger partial charge is 0.469 e. The van der Waals surface area contributed by atoms with E-state index in [2.05, 4.69) is 14.5 Å². The molecule has 12 nitrogen and oxygen atoms in total. The van der Waals surface area contributed by atoms with Crippen LogP contribution < -0.4 is 21.1 Å². The number of phosphoric acid groups is 1. The van der Waals surface area contributed by atoms with Gasteiger partial charge in [-0.05, 0) is 0 Å². The number of aliphatic hydroxyl groups excluding tert-OH is 1. The Morgan fingerprint density at radius 2 is 2.25 bits per heavy atom. The predicted octanol–water partition coefficient (Wildman–Crippen LogP) is -1.85. The van der Waals surface area contributed by atoms with Crippen LogP contribution in [-0.2, 0) is 13.8 Å². The van der Waals surface area contributed by atoms with Crippen LogP contribution in [0.4, 0.5) is 17.5 Å². The number of hydrogen-bond acceptors (Lipinski definition) is 9. The zero-order valence-electron chi connectivity index (χ0n) is 12.7. The Labute approximate surface area is 136 Å². The average Bonchev–Trinajstić information content (AvgIpc) is 2.98. The summed E-state index contributed by atoms with van der Waals surface area (Å²) in [5, 5.41) is 9.35. The molecular weight excluding hydrogens is 345 g/mol. The van der Waals surface area contributed by atoms with Gasteiger partial charge >= 0.3 is 7.82 Å². The van der Waals surface area contributed by atoms with Crippen LogP contribution >= 0.6 is 7.82 Å². The first-order chi connectivity index (χ1) is 11.2. The van der Waals surface area contributed by atoms with E-state index in [0.29, 0.717) is 11.5 Å². The number of H-pyrrole nitrogens is 1. The number of nitrogen functional groups attached to an aromatic ring is 1. The number of aromatic amines is 1. The highest BCUT2D eigenvalue weighted by molar-refractivity contribution is 7.46. The first-order valence-corrected chi connectivity index (χ1v) is 8.60. The van der Waals surface area contributed by atoms with Gasteiger partial charge in [-0.3, -0.25) is 14.3 Å². The summed E-state index contributed by atoms with van der Waals surface area (Å²) in [6.45, 7) is -0.205. The van der Waals surface area contributed by atoms with Gasteiger partial charge in [0.05, 0.1) is 13.3 Å². The number of nitrogens with zero attached hydrogens (tertiary/aromatic N) is 3. The highest BCUT2D eigenvalue weighted by atomic mass is 31.2. The quantitative estimate of drug-likeness (QED) is 0.380. The maximum absolute atomic E-state index is 12.0. The lowest BCUT2D eigenvalue weighted by atomic mass is 10.2. The molecule has 24 heavy (non-hydrogen) atoms. The molecule has 0 radical (unpaired) electrons. The van der Waals surface area contributed by atoms with Crippen molar-refractivity contribution in [2.24, 2.45) is 0 Å². The van der Waals surface area contributed by atoms with Gasteiger partial charge in [-0.15, -0.1) is 0 Å². The molecule has 0 bridgehead atoms. The summed E-state index contributed by atoms with van der Waals surface area (Å²) in [5.41, 5.74) is 5.49. The van der Waals surface area contributed by atoms with E-state index < -0.39 is 38.4 Å². The fourth-order valence-electron chi connectivity index (χ4n) is 2.95. The third-order valence-electron chi connectivity index (χ3n) is 3.89. The fourth-order valence-corrected chi connectivity index (χ4v) is 3.53. The van der Waals surface area contributed by atoms with Crippen molar-refractivity contribution in [3.63, 3.8) is 0 Å². The van der Waals surface area contributed by atoms with E-state index in [4.69, 9.17) is 20.3 Å². The number of nitrogens with two attached hydrogens (primary N) is 1. The van der Waals surface area contributed by atoms with Crippen molar-refractivity contribution in [2.75, 3.05) is 35.9 Å². The van der Waals surface area contributed by atoms with Gasteiger partial charge in [-0.2, -0.15) is 4.98 Å². The van der Waals surface area contributed by atoms with E-state index in [1.54, 1.807) is 16.8 Å². The lowest BCUT2D eigenvalue weighted by molar-refractivity contribution is -0.0216. The topological polar surface area (TPSA) is 174 Å². The van der Waals surface area contributed by atoms with Crippen molar-refractivity contribution in [1.82, 2.24) is 9.97 Å². The zero-order valence-corrected chi connectivity index (χ0v) is 13.6. The highest BCUT2D eigenvalue weighted by Crippen LogP contribution is 2.43. The summed E-state index contributed by atoms with van der Waals surface area (Å²) in [6.07, 6.45) is -2.50. The summed E-state index contributed by atoms with van der Waals surface area (Å²) < 4.78 is 21.4. The number of nitrogens with one attached hydrogen (secondary N) is 1. The molecule has 2 aliphatic heterocycles. The molecule has 1 fully saturated rings. The summed E-state index contributed by atoms with van der Waals surface area (Å²) >= 11 is 0. The molecule has 134 valence electrons. The first-order valence-electron chi connectivity index (χ1n) is 7.07. The first kappa shape index (κ1) is 17.1. The molecule has 2 aliphatic rings. The van der Waals surface area contributed by atoms with Gasteiger partial charge < -0.3 is 35.2 Å². The highest BCUT2D eigenvalue weighted by Gasteiger charge is 2.44. The number of rotatable bonds is 4. The second-order valence-corrected chi connectivity index (χ2v) is 6.81. The Kier molecular flexibility index (Phi) is 4.28. The second-order valence-electron chi connectivity index (χ2n) is 5.61. The van der Waals surface area contributed by atoms with Crippen LogP contribution in [0.2, 0.25) is 0 Å². The lowest BCUT2D eigenvalue weighted by Crippen LogP contribution is -2.38. The van der Waals surface area contributed by atoms with Gasteiger partial charge in [0.15, 0.2) is 5.82 Å². The molecule has 3 rings (SSSR count). The molecule has 3 atom stereocenters. The van der Waals surface area contributed by atoms with Gasteiger partial charge in [0.2, 0.25) is 5.95 Å². The smallest absolute Gasteiger partial charge is 0.394 e. The minimum atomic E-state index is -4.73. The van der Waals surface area contributed by atoms with E-state index in [1.165, 1.54) is 0 Å². The maximum atomic E-state index is 12.0. The van der Waals surface area contributed by atoms with Crippen LogP contribution in [0.3, 0.4) is 0 Å². The molecular formula is C11H18N5O7P. The molecule has 6 N–H and O–H groups in total. The summed E-state index contributed by atoms with van der Waals surface area (Å²) in [4.78, 5) is 39.8. The van der Waals surface area contributed by atoms with Crippen molar-refractivity contribution in [2.45, 2.75) is 24.9 Å². The Bertz CT molecular complexity index is 736. The third-order valence-corrected chi connectivity index (χ3v) is 4.44. The van der Waals surface area contributed by atoms with Crippen LogP contribution in [-0.4, -0.2) is 63.6 Å². The van der Waals surface area contributed by atoms with Crippen molar-refractivity contribution in [3.05, 3.63) is 10.4 Å². The number of ether oxygens (including phenoxy) is 1. The standard InChI is InChI=1S/C11H18N5O7P/c1-15-4-16(9-8(15)10(18)14-11(12)13-9)7-2-5(6(3-17)22-7)23-24(19,20)21/h5-7,17H,2-4H2,1H3,(H2,19,20,21)(H3,12,13,14,18)/t5-,6+,7+/m0/s1. The normalized spacial score (nSPS) is 26.9. The molecule has 1 aromatic rings. The molecule has 1 saturated heterocycles. The van der Waals surface area contributed by atoms with Crippen LogP contribution in [0, 0.1) is 0 Å². The zero-order chi connectivity index (χ0) is 17.6. The number of fused-ring (bicyclic) bond motifs is 1. The monoisotopic (exact) mass is 363 g/mol. The third kappa shape index (κ3) is 3.11. The van der Waals surface area contributed by atoms with Crippen LogP contribution in [0.15, 0.2) is 4.79 Å². The molecule has 1 aromatic heterocycles. The molecule has 3 heterocycles. The van der Waals surface area contributed by atoms with E-state index in [9.17, 15) is 14.5 Å². The van der Waals surface area contributed by atoms with Gasteiger partial charge in [0.25, 0.3) is 5.56 Å². The Morgan fingerprint density at radius 3 is 2.88 bits per heavy atom. The van der Waals surface area contributed by atoms with Crippen molar-refractivity contribution < 1.29 is 28.7 Å². The van der Waals surface area contributed by atoms with Gasteiger partial charge in [0, 0.05) is 13.5 Å². The second kappa shape index (κ2) is 5.99. The Balaban J connectivity index is 1.87. The SMILES string of the molecule is CN1CN([C@H]2C[C@H](OP(=O)(O)O)[C@@H](CO)O2)c2nc(N)[nH]c(=O)c21. The van der Waals surface area contributed by atoms with Crippen molar-refractivity contribution in [1.29, 1.82) is 0 Å². The summed E-state index contributed by atoms with van der Waals surface area (Å²) in [7, 11) is -3.04. The predicted molar refractivity (Wildman–Crippen MR) is 82.3 cm³/mol. The molecule has 0 spiro atoms. The van der Waals surface area contributed by atoms with Crippen molar-refractivity contribution in [3.8, 4) is 0 Å². The molecule has 0 amide bonds. The number of anilines is 3. The van der Waals surface area contributed by atoms with Gasteiger partial charge in [-0.25, -0.2) is 4.57 Å². The van der Waals surface area contributed by atoms with Crippen molar-refractivity contribution >= 4 is 25.3 Å². The number of hydrogen-bond donors (Lipinski definition) is 5. The van der Waals surface area contributed by atoms with Gasteiger partial charge in [-0.1, -0.05) is 0 Å². The molecule has 0 aliphatic carbocycles. The number of phosphoric ester groups is 1. The van der Waals surface area contributed by atoms with Gasteiger partial charge in [0.1, 0.15) is 24.1 Å². The maximum Gasteiger partial charge on any atom is 0.469 e. The van der Waals surface area contributed by atoms with Crippen LogP contribution in [0.5, 0.6) is 0 Å². The Hall–Kier alpha value is -1.69. The average molecular weight is 363 g/mol. The number of aromatic nitrogens is 2. The van der Waals surface area contributed by atoms with E-state index >= 15 is 0 Å². The van der Waals surface area contributed by atoms with Crippen LogP contribution in [0.1, 0.15) is 6.42 Å². The minimum Gasteiger partial charge on any atom is -0.394 e. The fraction of sp³-hybridized carbons (Fsp3) is 0.636. The minimum absolute atomic E-state index is 0.0567. The van der Waals surface area contributed by atoms with Crippen LogP contribution in [0.25, 0.3) is 0 Å². The molecule has 0 aromatic carbocycles. The summed E-state index contributed by atoms with van der Waals surface area (Å²) in [6, 6.07) is 0. The molecule has 0 saturated carbocycles. The van der Waals surface area contributed by atoms with E-state index in [0.717, 1.165) is 0 Å². The van der Waals surface area contributed by atoms with E-state index in [-0.39, 0.29) is 19.0 Å².